The second-order valence-electron chi connectivity index (χ2n) is 3.12. The molecule has 0 fully saturated rings. The maximum atomic E-state index is 12.9. The molecule has 14 heavy (non-hydrogen) atoms. The molecule has 0 aliphatic rings. The lowest BCUT2D eigenvalue weighted by Crippen LogP contribution is -2.24. The van der Waals surface area contributed by atoms with Crippen LogP contribution in [0.3, 0.4) is 0 Å². The number of hydrogen-bond donors (Lipinski definition) is 1. The van der Waals surface area contributed by atoms with E-state index in [1.807, 2.05) is 13.0 Å². The normalized spacial score (nSPS) is 12.8. The summed E-state index contributed by atoms with van der Waals surface area (Å²) in [5.74, 6) is -0.207. The summed E-state index contributed by atoms with van der Waals surface area (Å²) in [5.41, 5.74) is 0.925. The van der Waals surface area contributed by atoms with Gasteiger partial charge in [-0.3, -0.25) is 0 Å². The van der Waals surface area contributed by atoms with Crippen molar-refractivity contribution in [1.82, 2.24) is 5.32 Å². The van der Waals surface area contributed by atoms with E-state index >= 15 is 0 Å². The van der Waals surface area contributed by atoms with Crippen molar-refractivity contribution in [3.8, 4) is 0 Å². The Kier molecular flexibility index (Phi) is 4.56. The van der Waals surface area contributed by atoms with E-state index in [1.54, 1.807) is 13.2 Å². The molecule has 1 atom stereocenters. The van der Waals surface area contributed by atoms with Crippen molar-refractivity contribution < 1.29 is 9.13 Å². The molecule has 0 bridgehead atoms. The van der Waals surface area contributed by atoms with E-state index < -0.39 is 0 Å². The molecule has 1 rings (SSSR count). The predicted octanol–water partition coefficient (Wildman–Crippen LogP) is 2.12. The van der Waals surface area contributed by atoms with Gasteiger partial charge in [-0.05, 0) is 24.2 Å². The molecule has 1 N–H and O–H groups in total. The van der Waals surface area contributed by atoms with Gasteiger partial charge in [0.15, 0.2) is 0 Å². The van der Waals surface area contributed by atoms with E-state index in [-0.39, 0.29) is 11.9 Å². The molecule has 1 aromatic carbocycles. The number of nitrogens with one attached hydrogen (secondary N) is 1. The third kappa shape index (κ3) is 3.09. The summed E-state index contributed by atoms with van der Waals surface area (Å²) in [4.78, 5) is 0. The molecule has 2 nitrogen and oxygen atoms in total. The highest BCUT2D eigenvalue weighted by molar-refractivity contribution is 5.20. The SMILES string of the molecule is CCNC(COC)c1cccc(F)c1. The van der Waals surface area contributed by atoms with Crippen LogP contribution in [0.2, 0.25) is 0 Å². The Morgan fingerprint density at radius 1 is 1.50 bits per heavy atom. The Balaban J connectivity index is 2.75. The van der Waals surface area contributed by atoms with E-state index in [0.29, 0.717) is 6.61 Å². The van der Waals surface area contributed by atoms with Gasteiger partial charge in [0.1, 0.15) is 5.82 Å². The largest absolute Gasteiger partial charge is 0.383 e. The van der Waals surface area contributed by atoms with Gasteiger partial charge in [-0.1, -0.05) is 19.1 Å². The first-order valence-electron chi connectivity index (χ1n) is 4.75. The first-order chi connectivity index (χ1) is 6.77. The van der Waals surface area contributed by atoms with Crippen molar-refractivity contribution in [2.75, 3.05) is 20.3 Å². The summed E-state index contributed by atoms with van der Waals surface area (Å²) in [7, 11) is 1.64. The average Bonchev–Trinajstić information content (AvgIpc) is 2.17. The van der Waals surface area contributed by atoms with Gasteiger partial charge in [-0.25, -0.2) is 4.39 Å². The van der Waals surface area contributed by atoms with Crippen molar-refractivity contribution in [1.29, 1.82) is 0 Å². The average molecular weight is 197 g/mol. The van der Waals surface area contributed by atoms with Crippen LogP contribution in [0.4, 0.5) is 4.39 Å². The molecular weight excluding hydrogens is 181 g/mol. The second-order valence-corrected chi connectivity index (χ2v) is 3.12. The minimum atomic E-state index is -0.207. The van der Waals surface area contributed by atoms with E-state index in [4.69, 9.17) is 4.74 Å². The molecule has 3 heteroatoms. The summed E-state index contributed by atoms with van der Waals surface area (Å²) in [6.45, 7) is 3.41. The Hall–Kier alpha value is -0.930. The van der Waals surface area contributed by atoms with Gasteiger partial charge in [-0.15, -0.1) is 0 Å². The molecule has 0 aliphatic carbocycles. The lowest BCUT2D eigenvalue weighted by atomic mass is 10.1. The van der Waals surface area contributed by atoms with E-state index in [0.717, 1.165) is 12.1 Å². The monoisotopic (exact) mass is 197 g/mol. The Morgan fingerprint density at radius 3 is 2.86 bits per heavy atom. The molecule has 1 aromatic rings. The molecular formula is C11H16FNO. The highest BCUT2D eigenvalue weighted by atomic mass is 19.1. The van der Waals surface area contributed by atoms with E-state index in [2.05, 4.69) is 5.32 Å². The molecule has 0 radical (unpaired) electrons. The number of methoxy groups -OCH3 is 1. The highest BCUT2D eigenvalue weighted by Gasteiger charge is 2.09. The smallest absolute Gasteiger partial charge is 0.123 e. The molecule has 1 unspecified atom stereocenters. The second kappa shape index (κ2) is 5.73. The van der Waals surface area contributed by atoms with Crippen molar-refractivity contribution in [2.24, 2.45) is 0 Å². The summed E-state index contributed by atoms with van der Waals surface area (Å²) in [6, 6.07) is 6.66. The van der Waals surface area contributed by atoms with E-state index in [1.165, 1.54) is 12.1 Å². The zero-order valence-corrected chi connectivity index (χ0v) is 8.59. The molecule has 78 valence electrons. The molecule has 0 aliphatic heterocycles. The van der Waals surface area contributed by atoms with Gasteiger partial charge < -0.3 is 10.1 Å². The minimum absolute atomic E-state index is 0.0701. The third-order valence-electron chi connectivity index (χ3n) is 2.03. The summed E-state index contributed by atoms with van der Waals surface area (Å²) < 4.78 is 18.0. The molecule has 0 saturated carbocycles. The maximum Gasteiger partial charge on any atom is 0.123 e. The van der Waals surface area contributed by atoms with Crippen molar-refractivity contribution in [2.45, 2.75) is 13.0 Å². The van der Waals surface area contributed by atoms with Gasteiger partial charge in [0, 0.05) is 7.11 Å². The zero-order valence-electron chi connectivity index (χ0n) is 8.59. The predicted molar refractivity (Wildman–Crippen MR) is 54.7 cm³/mol. The van der Waals surface area contributed by atoms with Gasteiger partial charge in [0.25, 0.3) is 0 Å². The Labute approximate surface area is 84.1 Å². The van der Waals surface area contributed by atoms with Crippen LogP contribution in [0, 0.1) is 5.82 Å². The standard InChI is InChI=1S/C11H16FNO/c1-3-13-11(8-14-2)9-5-4-6-10(12)7-9/h4-7,11,13H,3,8H2,1-2H3. The fourth-order valence-corrected chi connectivity index (χ4v) is 1.41. The van der Waals surface area contributed by atoms with Crippen molar-refractivity contribution in [3.05, 3.63) is 35.6 Å². The highest BCUT2D eigenvalue weighted by Crippen LogP contribution is 2.14. The van der Waals surface area contributed by atoms with Crippen LogP contribution in [-0.2, 0) is 4.74 Å². The van der Waals surface area contributed by atoms with Gasteiger partial charge in [0.2, 0.25) is 0 Å². The molecule has 0 saturated heterocycles. The number of likely N-dealkylation sites (N-methyl/N-ethyl adjacent to an activating group) is 1. The van der Waals surface area contributed by atoms with Crippen molar-refractivity contribution in [3.63, 3.8) is 0 Å². The molecule has 0 aromatic heterocycles. The molecule has 0 spiro atoms. The van der Waals surface area contributed by atoms with Crippen LogP contribution in [0.5, 0.6) is 0 Å². The first kappa shape index (κ1) is 11.1. The lowest BCUT2D eigenvalue weighted by molar-refractivity contribution is 0.167. The van der Waals surface area contributed by atoms with Gasteiger partial charge in [-0.2, -0.15) is 0 Å². The maximum absolute atomic E-state index is 12.9. The molecule has 0 heterocycles. The van der Waals surface area contributed by atoms with E-state index in [9.17, 15) is 4.39 Å². The zero-order chi connectivity index (χ0) is 10.4. The third-order valence-corrected chi connectivity index (χ3v) is 2.03. The summed E-state index contributed by atoms with van der Waals surface area (Å²) in [6.07, 6.45) is 0. The van der Waals surface area contributed by atoms with Crippen LogP contribution in [-0.4, -0.2) is 20.3 Å². The number of benzene rings is 1. The van der Waals surface area contributed by atoms with Crippen LogP contribution < -0.4 is 5.32 Å². The quantitative estimate of drug-likeness (QED) is 0.780. The minimum Gasteiger partial charge on any atom is -0.383 e. The number of ether oxygens (including phenoxy) is 1. The van der Waals surface area contributed by atoms with Gasteiger partial charge >= 0.3 is 0 Å². The first-order valence-corrected chi connectivity index (χ1v) is 4.75. The lowest BCUT2D eigenvalue weighted by Gasteiger charge is -2.17. The van der Waals surface area contributed by atoms with Crippen LogP contribution in [0.15, 0.2) is 24.3 Å². The summed E-state index contributed by atoms with van der Waals surface area (Å²) in [5, 5.41) is 3.24. The number of halogens is 1. The number of rotatable bonds is 5. The topological polar surface area (TPSA) is 21.3 Å². The Morgan fingerprint density at radius 2 is 2.29 bits per heavy atom. The Bertz CT molecular complexity index is 272. The van der Waals surface area contributed by atoms with Crippen LogP contribution >= 0.6 is 0 Å². The van der Waals surface area contributed by atoms with Crippen LogP contribution in [0.25, 0.3) is 0 Å². The molecule has 0 amide bonds. The fourth-order valence-electron chi connectivity index (χ4n) is 1.41. The fraction of sp³-hybridized carbons (Fsp3) is 0.455. The van der Waals surface area contributed by atoms with Crippen molar-refractivity contribution >= 4 is 0 Å². The van der Waals surface area contributed by atoms with Crippen LogP contribution in [0.1, 0.15) is 18.5 Å². The number of hydrogen-bond acceptors (Lipinski definition) is 2. The van der Waals surface area contributed by atoms with Gasteiger partial charge in [0.05, 0.1) is 12.6 Å². The summed E-state index contributed by atoms with van der Waals surface area (Å²) >= 11 is 0.